The highest BCUT2D eigenvalue weighted by Gasteiger charge is 2.48. The van der Waals surface area contributed by atoms with Crippen LogP contribution in [0.1, 0.15) is 38.3 Å². The van der Waals surface area contributed by atoms with Gasteiger partial charge in [-0.25, -0.2) is 4.39 Å². The van der Waals surface area contributed by atoms with Crippen LogP contribution < -0.4 is 0 Å². The lowest BCUT2D eigenvalue weighted by Gasteiger charge is -2.51. The zero-order valence-corrected chi connectivity index (χ0v) is 20.7. The van der Waals surface area contributed by atoms with Crippen LogP contribution in [0.25, 0.3) is 0 Å². The van der Waals surface area contributed by atoms with Gasteiger partial charge in [0.1, 0.15) is 5.82 Å². The Morgan fingerprint density at radius 3 is 2.45 bits per heavy atom. The highest BCUT2D eigenvalue weighted by Crippen LogP contribution is 2.46. The van der Waals surface area contributed by atoms with Crippen LogP contribution in [0.15, 0.2) is 48.5 Å². The molecule has 3 atom stereocenters. The van der Waals surface area contributed by atoms with Crippen LogP contribution in [0, 0.1) is 11.2 Å². The number of hydrogen-bond acceptors (Lipinski definition) is 4. The SMILES string of the molecule is C[C@H]1CO[C@H](Cc2ccc(F)cc2)CN1CCN1CC[C@](O)(c2ccc(Cl)cc2)C(C)(C)C1. The van der Waals surface area contributed by atoms with E-state index in [0.29, 0.717) is 24.1 Å². The number of rotatable bonds is 6. The normalized spacial score (nSPS) is 28.7. The van der Waals surface area contributed by atoms with E-state index in [0.717, 1.165) is 50.3 Å². The van der Waals surface area contributed by atoms with Crippen LogP contribution in [-0.4, -0.2) is 66.4 Å². The molecule has 0 radical (unpaired) electrons. The zero-order chi connectivity index (χ0) is 23.6. The van der Waals surface area contributed by atoms with Crippen molar-refractivity contribution < 1.29 is 14.2 Å². The molecule has 0 aromatic heterocycles. The highest BCUT2D eigenvalue weighted by atomic mass is 35.5. The Labute approximate surface area is 202 Å². The summed E-state index contributed by atoms with van der Waals surface area (Å²) < 4.78 is 19.3. The third-order valence-corrected chi connectivity index (χ3v) is 7.82. The van der Waals surface area contributed by atoms with E-state index < -0.39 is 5.60 Å². The number of morpholine rings is 1. The smallest absolute Gasteiger partial charge is 0.123 e. The summed E-state index contributed by atoms with van der Waals surface area (Å²) in [4.78, 5) is 4.98. The predicted octanol–water partition coefficient (Wildman–Crippen LogP) is 4.73. The van der Waals surface area contributed by atoms with Gasteiger partial charge in [0.05, 0.1) is 18.3 Å². The first-order chi connectivity index (χ1) is 15.7. The van der Waals surface area contributed by atoms with Gasteiger partial charge in [-0.05, 0) is 55.2 Å². The number of ether oxygens (including phenoxy) is 1. The summed E-state index contributed by atoms with van der Waals surface area (Å²) in [7, 11) is 0. The Bertz CT molecular complexity index is 921. The number of nitrogens with zero attached hydrogens (tertiary/aromatic N) is 2. The summed E-state index contributed by atoms with van der Waals surface area (Å²) >= 11 is 6.06. The van der Waals surface area contributed by atoms with Gasteiger partial charge in [0.15, 0.2) is 0 Å². The number of halogens is 2. The van der Waals surface area contributed by atoms with Crippen LogP contribution in [0.4, 0.5) is 4.39 Å². The second-order valence-electron chi connectivity index (χ2n) is 10.4. The minimum atomic E-state index is -0.861. The summed E-state index contributed by atoms with van der Waals surface area (Å²) in [6, 6.07) is 14.7. The third-order valence-electron chi connectivity index (χ3n) is 7.56. The largest absolute Gasteiger partial charge is 0.385 e. The fourth-order valence-corrected chi connectivity index (χ4v) is 5.47. The van der Waals surface area contributed by atoms with E-state index in [1.807, 2.05) is 36.4 Å². The molecule has 4 nitrogen and oxygen atoms in total. The molecule has 4 rings (SSSR count). The van der Waals surface area contributed by atoms with Gasteiger partial charge in [0.25, 0.3) is 0 Å². The van der Waals surface area contributed by atoms with Gasteiger partial charge < -0.3 is 14.7 Å². The lowest BCUT2D eigenvalue weighted by molar-refractivity contribution is -0.127. The molecule has 2 aromatic carbocycles. The molecular weight excluding hydrogens is 439 g/mol. The first kappa shape index (κ1) is 24.6. The average Bonchev–Trinajstić information content (AvgIpc) is 2.78. The Balaban J connectivity index is 1.33. The molecule has 2 fully saturated rings. The number of piperidine rings is 1. The summed E-state index contributed by atoms with van der Waals surface area (Å²) in [5, 5.41) is 12.3. The molecule has 2 aromatic rings. The van der Waals surface area contributed by atoms with Gasteiger partial charge in [-0.15, -0.1) is 0 Å². The van der Waals surface area contributed by atoms with Crippen molar-refractivity contribution in [3.05, 3.63) is 70.5 Å². The highest BCUT2D eigenvalue weighted by molar-refractivity contribution is 6.30. The van der Waals surface area contributed by atoms with Crippen LogP contribution >= 0.6 is 11.6 Å². The van der Waals surface area contributed by atoms with E-state index in [1.54, 1.807) is 0 Å². The van der Waals surface area contributed by atoms with Crippen molar-refractivity contribution in [2.75, 3.05) is 39.3 Å². The van der Waals surface area contributed by atoms with Gasteiger partial charge in [-0.1, -0.05) is 49.7 Å². The summed E-state index contributed by atoms with van der Waals surface area (Å²) in [5.41, 5.74) is 0.915. The maximum atomic E-state index is 13.2. The Morgan fingerprint density at radius 2 is 1.79 bits per heavy atom. The van der Waals surface area contributed by atoms with E-state index in [1.165, 1.54) is 12.1 Å². The van der Waals surface area contributed by atoms with Gasteiger partial charge in [-0.3, -0.25) is 4.90 Å². The van der Waals surface area contributed by atoms with Crippen molar-refractivity contribution in [3.63, 3.8) is 0 Å². The number of benzene rings is 2. The van der Waals surface area contributed by atoms with Crippen LogP contribution in [-0.2, 0) is 16.8 Å². The average molecular weight is 475 g/mol. The molecule has 0 bridgehead atoms. The van der Waals surface area contributed by atoms with Crippen LogP contribution in [0.5, 0.6) is 0 Å². The van der Waals surface area contributed by atoms with Crippen molar-refractivity contribution in [2.24, 2.45) is 5.41 Å². The minimum Gasteiger partial charge on any atom is -0.385 e. The second-order valence-corrected chi connectivity index (χ2v) is 10.8. The molecule has 2 aliphatic heterocycles. The van der Waals surface area contributed by atoms with Crippen molar-refractivity contribution in [3.8, 4) is 0 Å². The first-order valence-electron chi connectivity index (χ1n) is 12.0. The Morgan fingerprint density at radius 1 is 1.09 bits per heavy atom. The van der Waals surface area contributed by atoms with Crippen LogP contribution in [0.2, 0.25) is 5.02 Å². The lowest BCUT2D eigenvalue weighted by Crippen LogP contribution is -2.57. The first-order valence-corrected chi connectivity index (χ1v) is 12.3. The van der Waals surface area contributed by atoms with Crippen molar-refractivity contribution in [1.82, 2.24) is 9.80 Å². The molecule has 2 saturated heterocycles. The number of hydrogen-bond donors (Lipinski definition) is 1. The molecular formula is C27H36ClFN2O2. The molecule has 180 valence electrons. The van der Waals surface area contributed by atoms with E-state index in [9.17, 15) is 9.50 Å². The van der Waals surface area contributed by atoms with E-state index >= 15 is 0 Å². The molecule has 0 amide bonds. The molecule has 1 N–H and O–H groups in total. The number of likely N-dealkylation sites (tertiary alicyclic amines) is 1. The molecule has 0 aliphatic carbocycles. The molecule has 6 heteroatoms. The molecule has 2 aliphatic rings. The standard InChI is InChI=1S/C27H36ClFN2O2/c1-20-18-33-25(16-21-4-10-24(29)11-5-21)17-31(20)15-14-30-13-12-27(32,26(2,3)19-30)22-6-8-23(28)9-7-22/h4-11,20,25,32H,12-19H2,1-3H3/t20-,25+,27-/m0/s1. The van der Waals surface area contributed by atoms with Crippen LogP contribution in [0.3, 0.4) is 0 Å². The third kappa shape index (κ3) is 5.60. The van der Waals surface area contributed by atoms with Gasteiger partial charge >= 0.3 is 0 Å². The Hall–Kier alpha value is -1.50. The summed E-state index contributed by atoms with van der Waals surface area (Å²) in [6.45, 7) is 11.8. The predicted molar refractivity (Wildman–Crippen MR) is 131 cm³/mol. The quantitative estimate of drug-likeness (QED) is 0.656. The maximum absolute atomic E-state index is 13.2. The summed E-state index contributed by atoms with van der Waals surface area (Å²) in [6.07, 6.45) is 1.63. The monoisotopic (exact) mass is 474 g/mol. The van der Waals surface area contributed by atoms with E-state index in [4.69, 9.17) is 16.3 Å². The molecule has 0 spiro atoms. The maximum Gasteiger partial charge on any atom is 0.123 e. The molecule has 0 saturated carbocycles. The van der Waals surface area contributed by atoms with Gasteiger partial charge in [0, 0.05) is 49.2 Å². The number of aliphatic hydroxyl groups is 1. The van der Waals surface area contributed by atoms with Crippen molar-refractivity contribution >= 4 is 11.6 Å². The van der Waals surface area contributed by atoms with Crippen molar-refractivity contribution in [2.45, 2.75) is 51.4 Å². The topological polar surface area (TPSA) is 35.9 Å². The van der Waals surface area contributed by atoms with Gasteiger partial charge in [0.2, 0.25) is 0 Å². The fraction of sp³-hybridized carbons (Fsp3) is 0.556. The minimum absolute atomic E-state index is 0.124. The molecule has 33 heavy (non-hydrogen) atoms. The second kappa shape index (κ2) is 10.0. The molecule has 2 heterocycles. The Kier molecular flexibility index (Phi) is 7.47. The summed E-state index contributed by atoms with van der Waals surface area (Å²) in [5.74, 6) is -0.203. The zero-order valence-electron chi connectivity index (χ0n) is 19.9. The fourth-order valence-electron chi connectivity index (χ4n) is 5.34. The van der Waals surface area contributed by atoms with Gasteiger partial charge in [-0.2, -0.15) is 0 Å². The lowest BCUT2D eigenvalue weighted by atomic mass is 9.66. The molecule has 0 unspecified atom stereocenters. The van der Waals surface area contributed by atoms with Crippen molar-refractivity contribution in [1.29, 1.82) is 0 Å². The van der Waals surface area contributed by atoms with E-state index in [2.05, 4.69) is 30.6 Å². The van der Waals surface area contributed by atoms with E-state index in [-0.39, 0.29) is 17.3 Å².